The standard InChI is InChI=1S/C18H24N2O7S/c1-14-10-18(13-21,19-28(24,25)12-16(22)26-2)8-9-20(14)17(23)27-11-15-6-4-3-5-7-15/h3-7,13-14,19H,8-12H2,1-2H3. The molecule has 0 radical (unpaired) electrons. The van der Waals surface area contributed by atoms with E-state index in [-0.39, 0.29) is 26.0 Å². The molecule has 28 heavy (non-hydrogen) atoms. The SMILES string of the molecule is COC(=O)CS(=O)(=O)NC1(C=O)CCN(C(=O)OCc2ccccc2)C(C)C1. The van der Waals surface area contributed by atoms with E-state index in [1.54, 1.807) is 6.92 Å². The largest absolute Gasteiger partial charge is 0.468 e. The molecule has 2 unspecified atom stereocenters. The monoisotopic (exact) mass is 412 g/mol. The van der Waals surface area contributed by atoms with Crippen molar-refractivity contribution in [1.82, 2.24) is 9.62 Å². The van der Waals surface area contributed by atoms with E-state index in [9.17, 15) is 22.8 Å². The highest BCUT2D eigenvalue weighted by Crippen LogP contribution is 2.27. The minimum absolute atomic E-state index is 0.0668. The summed E-state index contributed by atoms with van der Waals surface area (Å²) >= 11 is 0. The molecule has 1 saturated heterocycles. The Bertz CT molecular complexity index is 812. The van der Waals surface area contributed by atoms with Crippen LogP contribution in [0.2, 0.25) is 0 Å². The van der Waals surface area contributed by atoms with Crippen molar-refractivity contribution < 1.29 is 32.3 Å². The summed E-state index contributed by atoms with van der Waals surface area (Å²) in [5, 5.41) is 0. The number of methoxy groups -OCH3 is 1. The van der Waals surface area contributed by atoms with Gasteiger partial charge in [0.25, 0.3) is 0 Å². The number of ether oxygens (including phenoxy) is 2. The first-order valence-electron chi connectivity index (χ1n) is 8.72. The molecule has 1 fully saturated rings. The molecule has 2 atom stereocenters. The Morgan fingerprint density at radius 1 is 1.32 bits per heavy atom. The number of likely N-dealkylation sites (tertiary alicyclic amines) is 1. The van der Waals surface area contributed by atoms with Crippen LogP contribution in [-0.4, -0.2) is 62.7 Å². The number of aldehydes is 1. The number of carbonyl (C=O) groups excluding carboxylic acids is 3. The number of piperidine rings is 1. The zero-order chi connectivity index (χ0) is 20.8. The van der Waals surface area contributed by atoms with E-state index < -0.39 is 39.4 Å². The van der Waals surface area contributed by atoms with Gasteiger partial charge in [0.05, 0.1) is 12.6 Å². The van der Waals surface area contributed by atoms with Gasteiger partial charge in [-0.3, -0.25) is 4.79 Å². The Morgan fingerprint density at radius 2 is 2.00 bits per heavy atom. The van der Waals surface area contributed by atoms with Gasteiger partial charge in [-0.1, -0.05) is 30.3 Å². The van der Waals surface area contributed by atoms with E-state index >= 15 is 0 Å². The number of carbonyl (C=O) groups is 3. The van der Waals surface area contributed by atoms with Gasteiger partial charge in [-0.2, -0.15) is 0 Å². The summed E-state index contributed by atoms with van der Waals surface area (Å²) in [7, 11) is -2.98. The maximum Gasteiger partial charge on any atom is 0.410 e. The lowest BCUT2D eigenvalue weighted by Gasteiger charge is -2.42. The molecule has 2 rings (SSSR count). The first-order valence-corrected chi connectivity index (χ1v) is 10.4. The van der Waals surface area contributed by atoms with Gasteiger partial charge in [-0.15, -0.1) is 0 Å². The summed E-state index contributed by atoms with van der Waals surface area (Å²) < 4.78 is 36.2. The second-order valence-electron chi connectivity index (χ2n) is 6.75. The molecule has 0 spiro atoms. The lowest BCUT2D eigenvalue weighted by molar-refractivity contribution is -0.137. The average Bonchev–Trinajstić information content (AvgIpc) is 2.66. The normalized spacial score (nSPS) is 22.4. The third-order valence-corrected chi connectivity index (χ3v) is 5.88. The molecule has 10 heteroatoms. The number of benzene rings is 1. The number of hydrogen-bond donors (Lipinski definition) is 1. The number of hydrogen-bond acceptors (Lipinski definition) is 7. The Balaban J connectivity index is 1.98. The first-order chi connectivity index (χ1) is 13.2. The van der Waals surface area contributed by atoms with E-state index in [0.29, 0.717) is 6.29 Å². The predicted molar refractivity (Wildman–Crippen MR) is 99.8 cm³/mol. The minimum atomic E-state index is -4.06. The number of rotatable bonds is 7. The van der Waals surface area contributed by atoms with E-state index in [4.69, 9.17) is 4.74 Å². The molecule has 154 valence electrons. The molecular weight excluding hydrogens is 388 g/mol. The van der Waals surface area contributed by atoms with Crippen LogP contribution >= 0.6 is 0 Å². The number of nitrogens with one attached hydrogen (secondary N) is 1. The Hall–Kier alpha value is -2.46. The molecule has 1 aromatic carbocycles. The molecule has 9 nitrogen and oxygen atoms in total. The summed E-state index contributed by atoms with van der Waals surface area (Å²) in [6.07, 6.45) is 0.123. The van der Waals surface area contributed by atoms with Crippen LogP contribution in [-0.2, 0) is 35.7 Å². The summed E-state index contributed by atoms with van der Waals surface area (Å²) in [4.78, 5) is 36.8. The molecule has 1 heterocycles. The summed E-state index contributed by atoms with van der Waals surface area (Å²) in [6, 6.07) is 8.76. The second-order valence-corrected chi connectivity index (χ2v) is 8.47. The number of esters is 1. The van der Waals surface area contributed by atoms with Crippen LogP contribution in [0, 0.1) is 0 Å². The van der Waals surface area contributed by atoms with Gasteiger partial charge in [-0.25, -0.2) is 17.9 Å². The molecule has 1 aliphatic heterocycles. The van der Waals surface area contributed by atoms with Crippen LogP contribution in [0.5, 0.6) is 0 Å². The fraction of sp³-hybridized carbons (Fsp3) is 0.500. The van der Waals surface area contributed by atoms with Crippen molar-refractivity contribution in [2.75, 3.05) is 19.4 Å². The number of nitrogens with zero attached hydrogens (tertiary/aromatic N) is 1. The summed E-state index contributed by atoms with van der Waals surface area (Å²) in [5.41, 5.74) is -0.541. The molecule has 1 N–H and O–H groups in total. The van der Waals surface area contributed by atoms with Gasteiger partial charge in [0, 0.05) is 12.6 Å². The van der Waals surface area contributed by atoms with E-state index in [1.165, 1.54) is 4.90 Å². The van der Waals surface area contributed by atoms with Crippen molar-refractivity contribution in [3.05, 3.63) is 35.9 Å². The Kier molecular flexibility index (Phi) is 7.14. The summed E-state index contributed by atoms with van der Waals surface area (Å²) in [5.74, 6) is -1.81. The highest BCUT2D eigenvalue weighted by molar-refractivity contribution is 7.90. The van der Waals surface area contributed by atoms with Gasteiger partial charge in [-0.05, 0) is 25.3 Å². The second kappa shape index (κ2) is 9.16. The van der Waals surface area contributed by atoms with Crippen molar-refractivity contribution in [2.24, 2.45) is 0 Å². The zero-order valence-electron chi connectivity index (χ0n) is 15.8. The fourth-order valence-corrected chi connectivity index (χ4v) is 4.49. The Morgan fingerprint density at radius 3 is 2.57 bits per heavy atom. The topological polar surface area (TPSA) is 119 Å². The van der Waals surface area contributed by atoms with Gasteiger partial charge in [0.1, 0.15) is 12.9 Å². The molecule has 0 saturated carbocycles. The van der Waals surface area contributed by atoms with Crippen molar-refractivity contribution in [1.29, 1.82) is 0 Å². The van der Waals surface area contributed by atoms with Crippen LogP contribution in [0.4, 0.5) is 4.79 Å². The molecule has 0 bridgehead atoms. The van der Waals surface area contributed by atoms with Crippen LogP contribution in [0.25, 0.3) is 0 Å². The maximum absolute atomic E-state index is 12.4. The van der Waals surface area contributed by atoms with E-state index in [1.807, 2.05) is 30.3 Å². The maximum atomic E-state index is 12.4. The molecule has 1 aromatic rings. The van der Waals surface area contributed by atoms with Crippen molar-refractivity contribution >= 4 is 28.4 Å². The van der Waals surface area contributed by atoms with E-state index in [2.05, 4.69) is 9.46 Å². The van der Waals surface area contributed by atoms with Gasteiger partial charge >= 0.3 is 12.1 Å². The quantitative estimate of drug-likeness (QED) is 0.520. The van der Waals surface area contributed by atoms with Crippen molar-refractivity contribution in [2.45, 2.75) is 38.0 Å². The molecule has 0 aliphatic carbocycles. The van der Waals surface area contributed by atoms with E-state index in [0.717, 1.165) is 12.7 Å². The average molecular weight is 412 g/mol. The molecular formula is C18H24N2O7S. The van der Waals surface area contributed by atoms with Gasteiger partial charge in [0.2, 0.25) is 10.0 Å². The van der Waals surface area contributed by atoms with Crippen LogP contribution in [0.1, 0.15) is 25.3 Å². The molecule has 0 aromatic heterocycles. The van der Waals surface area contributed by atoms with Crippen LogP contribution < -0.4 is 4.72 Å². The molecule has 1 aliphatic rings. The minimum Gasteiger partial charge on any atom is -0.468 e. The fourth-order valence-electron chi connectivity index (χ4n) is 3.14. The molecule has 1 amide bonds. The highest BCUT2D eigenvalue weighted by Gasteiger charge is 2.43. The predicted octanol–water partition coefficient (Wildman–Crippen LogP) is 0.838. The smallest absolute Gasteiger partial charge is 0.410 e. The third kappa shape index (κ3) is 5.77. The lowest BCUT2D eigenvalue weighted by Crippen LogP contribution is -2.60. The highest BCUT2D eigenvalue weighted by atomic mass is 32.2. The van der Waals surface area contributed by atoms with Crippen LogP contribution in [0.3, 0.4) is 0 Å². The lowest BCUT2D eigenvalue weighted by atomic mass is 9.86. The number of amides is 1. The number of sulfonamides is 1. The van der Waals surface area contributed by atoms with Gasteiger partial charge in [0.15, 0.2) is 5.75 Å². The zero-order valence-corrected chi connectivity index (χ0v) is 16.6. The van der Waals surface area contributed by atoms with Gasteiger partial charge < -0.3 is 19.2 Å². The summed E-state index contributed by atoms with van der Waals surface area (Å²) in [6.45, 7) is 1.96. The first kappa shape index (κ1) is 21.8. The van der Waals surface area contributed by atoms with Crippen LogP contribution in [0.15, 0.2) is 30.3 Å². The third-order valence-electron chi connectivity index (χ3n) is 4.55. The Labute approximate surface area is 164 Å². The van der Waals surface area contributed by atoms with Crippen molar-refractivity contribution in [3.63, 3.8) is 0 Å². The van der Waals surface area contributed by atoms with Crippen molar-refractivity contribution in [3.8, 4) is 0 Å².